The van der Waals surface area contributed by atoms with E-state index in [1.807, 2.05) is 19.9 Å². The van der Waals surface area contributed by atoms with Crippen LogP contribution < -0.4 is 10.6 Å². The summed E-state index contributed by atoms with van der Waals surface area (Å²) in [4.78, 5) is 47.1. The van der Waals surface area contributed by atoms with Gasteiger partial charge in [-0.1, -0.05) is 48.5 Å². The third kappa shape index (κ3) is 6.43. The summed E-state index contributed by atoms with van der Waals surface area (Å²) in [7, 11) is 0. The van der Waals surface area contributed by atoms with Crippen molar-refractivity contribution in [2.24, 2.45) is 0 Å². The summed E-state index contributed by atoms with van der Waals surface area (Å²) in [5, 5.41) is 9.74. The molecule has 0 aliphatic carbocycles. The van der Waals surface area contributed by atoms with Gasteiger partial charge in [0.1, 0.15) is 5.82 Å². The van der Waals surface area contributed by atoms with Gasteiger partial charge in [0, 0.05) is 23.0 Å². The highest BCUT2D eigenvalue weighted by molar-refractivity contribution is 5.97. The van der Waals surface area contributed by atoms with Crippen molar-refractivity contribution in [2.45, 2.75) is 26.8 Å². The molecule has 2 aromatic carbocycles. The fraction of sp³-hybridized carbons (Fsp3) is 0.185. The van der Waals surface area contributed by atoms with Gasteiger partial charge in [0.15, 0.2) is 12.6 Å². The molecule has 37 heavy (non-hydrogen) atoms. The molecule has 4 aromatic rings. The molecule has 0 spiro atoms. The van der Waals surface area contributed by atoms with Gasteiger partial charge >= 0.3 is 5.97 Å². The van der Waals surface area contributed by atoms with E-state index in [0.29, 0.717) is 28.6 Å². The largest absolute Gasteiger partial charge is 0.454 e. The lowest BCUT2D eigenvalue weighted by molar-refractivity contribution is -0.149. The van der Waals surface area contributed by atoms with Gasteiger partial charge in [0.25, 0.3) is 17.8 Å². The topological polar surface area (TPSA) is 128 Å². The fourth-order valence-electron chi connectivity index (χ4n) is 3.67. The summed E-state index contributed by atoms with van der Waals surface area (Å²) < 4.78 is 6.71. The molecule has 0 aliphatic rings. The molecule has 0 bridgehead atoms. The molecule has 10 heteroatoms. The molecule has 2 amide bonds. The molecule has 0 saturated carbocycles. The predicted molar refractivity (Wildman–Crippen MR) is 136 cm³/mol. The second-order valence-corrected chi connectivity index (χ2v) is 8.37. The molecule has 2 aromatic heterocycles. The van der Waals surface area contributed by atoms with Crippen molar-refractivity contribution in [1.82, 2.24) is 25.1 Å². The molecule has 10 nitrogen and oxygen atoms in total. The summed E-state index contributed by atoms with van der Waals surface area (Å²) in [6.07, 6.45) is 0. The number of carbonyl (C=O) groups is 3. The Bertz CT molecular complexity index is 1400. The Morgan fingerprint density at radius 3 is 2.14 bits per heavy atom. The Labute approximate surface area is 213 Å². The van der Waals surface area contributed by atoms with Gasteiger partial charge in [0.05, 0.1) is 5.69 Å². The smallest absolute Gasteiger partial charge is 0.333 e. The van der Waals surface area contributed by atoms with E-state index in [0.717, 1.165) is 11.4 Å². The zero-order valence-electron chi connectivity index (χ0n) is 20.6. The highest BCUT2D eigenvalue weighted by Crippen LogP contribution is 2.17. The molecule has 0 aliphatic heterocycles. The monoisotopic (exact) mass is 498 g/mol. The van der Waals surface area contributed by atoms with Crippen LogP contribution in [0.5, 0.6) is 0 Å². The average molecular weight is 499 g/mol. The number of hydrogen-bond donors (Lipinski definition) is 2. The zero-order valence-corrected chi connectivity index (χ0v) is 20.6. The van der Waals surface area contributed by atoms with Crippen molar-refractivity contribution in [1.29, 1.82) is 0 Å². The lowest BCUT2D eigenvalue weighted by atomic mass is 10.1. The number of nitrogens with zero attached hydrogens (tertiary/aromatic N) is 4. The summed E-state index contributed by atoms with van der Waals surface area (Å²) in [6, 6.07) is 19.6. The van der Waals surface area contributed by atoms with Gasteiger partial charge < -0.3 is 15.4 Å². The maximum Gasteiger partial charge on any atom is 0.333 e. The highest BCUT2D eigenvalue weighted by Gasteiger charge is 2.26. The van der Waals surface area contributed by atoms with E-state index in [2.05, 4.69) is 25.7 Å². The number of anilines is 1. The Morgan fingerprint density at radius 1 is 0.865 bits per heavy atom. The van der Waals surface area contributed by atoms with Crippen molar-refractivity contribution in [3.8, 4) is 5.95 Å². The molecule has 2 N–H and O–H groups in total. The highest BCUT2D eigenvalue weighted by atomic mass is 16.5. The van der Waals surface area contributed by atoms with Gasteiger partial charge in [-0.15, -0.1) is 0 Å². The first kappa shape index (κ1) is 25.2. The normalized spacial score (nSPS) is 11.4. The van der Waals surface area contributed by atoms with Crippen LogP contribution in [0.15, 0.2) is 72.8 Å². The van der Waals surface area contributed by atoms with Crippen LogP contribution in [-0.2, 0) is 14.3 Å². The van der Waals surface area contributed by atoms with Crippen molar-refractivity contribution in [3.05, 3.63) is 101 Å². The van der Waals surface area contributed by atoms with Crippen LogP contribution in [-0.4, -0.2) is 44.1 Å². The number of rotatable bonds is 8. The number of nitrogens with one attached hydrogen (secondary N) is 2. The van der Waals surface area contributed by atoms with Crippen molar-refractivity contribution in [2.75, 3.05) is 11.9 Å². The predicted octanol–water partition coefficient (Wildman–Crippen LogP) is 3.24. The third-order valence-corrected chi connectivity index (χ3v) is 5.28. The number of aromatic nitrogens is 4. The van der Waals surface area contributed by atoms with Gasteiger partial charge in [0.2, 0.25) is 0 Å². The first-order chi connectivity index (χ1) is 17.8. The first-order valence-corrected chi connectivity index (χ1v) is 11.6. The summed E-state index contributed by atoms with van der Waals surface area (Å²) in [5.74, 6) is -1.15. The van der Waals surface area contributed by atoms with E-state index in [1.54, 1.807) is 73.7 Å². The Kier molecular flexibility index (Phi) is 7.68. The minimum atomic E-state index is -1.10. The lowest BCUT2D eigenvalue weighted by Gasteiger charge is -2.18. The van der Waals surface area contributed by atoms with Crippen LogP contribution in [0.2, 0.25) is 0 Å². The van der Waals surface area contributed by atoms with Crippen molar-refractivity contribution < 1.29 is 19.1 Å². The maximum atomic E-state index is 13.0. The van der Waals surface area contributed by atoms with Gasteiger partial charge in [-0.2, -0.15) is 9.78 Å². The molecule has 0 fully saturated rings. The minimum Gasteiger partial charge on any atom is -0.454 e. The van der Waals surface area contributed by atoms with Gasteiger partial charge in [-0.25, -0.2) is 14.8 Å². The molecular formula is C27H26N6O4. The third-order valence-electron chi connectivity index (χ3n) is 5.28. The van der Waals surface area contributed by atoms with Crippen LogP contribution in [0.25, 0.3) is 5.95 Å². The van der Waals surface area contributed by atoms with Crippen LogP contribution in [0.1, 0.15) is 39.0 Å². The van der Waals surface area contributed by atoms with E-state index >= 15 is 0 Å². The van der Waals surface area contributed by atoms with E-state index in [-0.39, 0.29) is 0 Å². The fourth-order valence-corrected chi connectivity index (χ4v) is 3.67. The summed E-state index contributed by atoms with van der Waals surface area (Å²) >= 11 is 0. The van der Waals surface area contributed by atoms with Gasteiger partial charge in [-0.05, 0) is 44.5 Å². The SMILES string of the molecule is Cc1cc(C)nc(-n2nc(C)cc2NC(=O)COC(=O)C(NC(=O)c2ccccc2)c2ccccc2)n1. The second-order valence-electron chi connectivity index (χ2n) is 8.37. The van der Waals surface area contributed by atoms with Crippen LogP contribution >= 0.6 is 0 Å². The van der Waals surface area contributed by atoms with E-state index < -0.39 is 30.4 Å². The molecule has 188 valence electrons. The number of amides is 2. The zero-order chi connectivity index (χ0) is 26.4. The molecule has 4 rings (SSSR count). The van der Waals surface area contributed by atoms with Gasteiger partial charge in [-0.3, -0.25) is 9.59 Å². The number of benzene rings is 2. The van der Waals surface area contributed by atoms with Crippen molar-refractivity contribution in [3.63, 3.8) is 0 Å². The minimum absolute atomic E-state index is 0.311. The molecule has 1 unspecified atom stereocenters. The van der Waals surface area contributed by atoms with Crippen LogP contribution in [0, 0.1) is 20.8 Å². The number of esters is 1. The molecular weight excluding hydrogens is 472 g/mol. The van der Waals surface area contributed by atoms with E-state index in [9.17, 15) is 14.4 Å². The summed E-state index contributed by atoms with van der Waals surface area (Å²) in [6.45, 7) is 4.88. The molecule has 0 radical (unpaired) electrons. The number of hydrogen-bond acceptors (Lipinski definition) is 7. The summed E-state index contributed by atoms with van der Waals surface area (Å²) in [5.41, 5.74) is 3.07. The molecule has 0 saturated heterocycles. The molecule has 2 heterocycles. The number of aryl methyl sites for hydroxylation is 3. The van der Waals surface area contributed by atoms with Crippen molar-refractivity contribution >= 4 is 23.6 Å². The number of ether oxygens (including phenoxy) is 1. The maximum absolute atomic E-state index is 13.0. The van der Waals surface area contributed by atoms with E-state index in [4.69, 9.17) is 4.74 Å². The second kappa shape index (κ2) is 11.3. The average Bonchev–Trinajstić information content (AvgIpc) is 3.26. The standard InChI is InChI=1S/C27H26N6O4/c1-17-14-18(2)29-27(28-17)33-22(15-19(3)32-33)30-23(34)16-37-26(36)24(20-10-6-4-7-11-20)31-25(35)21-12-8-5-9-13-21/h4-15,24H,16H2,1-3H3,(H,30,34)(H,31,35). The number of carbonyl (C=O) groups excluding carboxylic acids is 3. The lowest BCUT2D eigenvalue weighted by Crippen LogP contribution is -2.36. The van der Waals surface area contributed by atoms with Crippen LogP contribution in [0.4, 0.5) is 5.82 Å². The van der Waals surface area contributed by atoms with E-state index in [1.165, 1.54) is 4.68 Å². The quantitative estimate of drug-likeness (QED) is 0.357. The molecule has 1 atom stereocenters. The Morgan fingerprint density at radius 2 is 1.49 bits per heavy atom. The first-order valence-electron chi connectivity index (χ1n) is 11.6. The Balaban J connectivity index is 1.45. The Hall–Kier alpha value is -4.86. The van der Waals surface area contributed by atoms with Crippen LogP contribution in [0.3, 0.4) is 0 Å².